The Morgan fingerprint density at radius 1 is 1.15 bits per heavy atom. The van der Waals surface area contributed by atoms with Crippen LogP contribution in [0.1, 0.15) is 24.8 Å². The minimum atomic E-state index is -0.623. The Morgan fingerprint density at radius 3 is 2.52 bits per heavy atom. The molecule has 3 heterocycles. The van der Waals surface area contributed by atoms with E-state index >= 15 is 0 Å². The summed E-state index contributed by atoms with van der Waals surface area (Å²) < 4.78 is 26.8. The van der Waals surface area contributed by atoms with Crippen LogP contribution in [0.4, 0.5) is 20.5 Å². The molecule has 2 saturated heterocycles. The number of nitrogens with two attached hydrogens (primary N) is 1. The maximum absolute atomic E-state index is 13.4. The smallest absolute Gasteiger partial charge is 0.227 e. The lowest BCUT2D eigenvalue weighted by Gasteiger charge is -2.38. The van der Waals surface area contributed by atoms with Gasteiger partial charge in [0.05, 0.1) is 0 Å². The lowest BCUT2D eigenvalue weighted by Crippen LogP contribution is -2.42. The second kappa shape index (κ2) is 6.75. The number of rotatable bonds is 3. The van der Waals surface area contributed by atoms with Crippen LogP contribution < -0.4 is 10.6 Å². The molecule has 142 valence electrons. The lowest BCUT2D eigenvalue weighted by atomic mass is 9.77. The van der Waals surface area contributed by atoms with Crippen molar-refractivity contribution >= 4 is 17.7 Å². The molecular weight excluding hydrogens is 352 g/mol. The van der Waals surface area contributed by atoms with Gasteiger partial charge in [-0.2, -0.15) is 4.98 Å². The quantitative estimate of drug-likeness (QED) is 0.894. The highest BCUT2D eigenvalue weighted by molar-refractivity contribution is 5.79. The number of likely N-dealkylation sites (tertiary alicyclic amines) is 1. The molecular formula is C19H21F2N5O. The molecule has 0 unspecified atom stereocenters. The Morgan fingerprint density at radius 2 is 1.85 bits per heavy atom. The summed E-state index contributed by atoms with van der Waals surface area (Å²) in [6.07, 6.45) is 3.78. The first-order valence-corrected chi connectivity index (χ1v) is 8.99. The van der Waals surface area contributed by atoms with Crippen molar-refractivity contribution in [3.8, 4) is 0 Å². The van der Waals surface area contributed by atoms with Crippen molar-refractivity contribution < 1.29 is 13.6 Å². The van der Waals surface area contributed by atoms with Gasteiger partial charge in [-0.05, 0) is 36.6 Å². The van der Waals surface area contributed by atoms with Crippen LogP contribution in [0.25, 0.3) is 0 Å². The molecule has 1 amide bonds. The maximum atomic E-state index is 13.4. The van der Waals surface area contributed by atoms with Gasteiger partial charge in [0.25, 0.3) is 0 Å². The summed E-state index contributed by atoms with van der Waals surface area (Å²) in [6.45, 7) is 2.34. The summed E-state index contributed by atoms with van der Waals surface area (Å²) >= 11 is 0. The minimum Gasteiger partial charge on any atom is -0.384 e. The van der Waals surface area contributed by atoms with Gasteiger partial charge in [-0.1, -0.05) is 0 Å². The summed E-state index contributed by atoms with van der Waals surface area (Å²) in [4.78, 5) is 24.8. The normalized spacial score (nSPS) is 19.1. The zero-order valence-electron chi connectivity index (χ0n) is 14.9. The van der Waals surface area contributed by atoms with Crippen LogP contribution in [0.2, 0.25) is 0 Å². The summed E-state index contributed by atoms with van der Waals surface area (Å²) in [5, 5.41) is 0. The Bertz CT molecular complexity index is 847. The Hall–Kier alpha value is -2.77. The molecule has 2 N–H and O–H groups in total. The van der Waals surface area contributed by atoms with Gasteiger partial charge < -0.3 is 15.5 Å². The molecule has 1 spiro atoms. The number of hydrogen-bond acceptors (Lipinski definition) is 5. The number of benzene rings is 1. The second-order valence-electron chi connectivity index (χ2n) is 7.47. The third-order valence-electron chi connectivity index (χ3n) is 5.47. The summed E-state index contributed by atoms with van der Waals surface area (Å²) in [5.74, 6) is -0.164. The predicted octanol–water partition coefficient (Wildman–Crippen LogP) is 2.36. The van der Waals surface area contributed by atoms with Crippen LogP contribution in [-0.4, -0.2) is 40.4 Å². The van der Waals surface area contributed by atoms with E-state index in [0.717, 1.165) is 32.0 Å². The number of piperidine rings is 1. The van der Waals surface area contributed by atoms with E-state index in [2.05, 4.69) is 14.9 Å². The van der Waals surface area contributed by atoms with Crippen LogP contribution in [-0.2, 0) is 11.3 Å². The topological polar surface area (TPSA) is 75.3 Å². The molecule has 0 saturated carbocycles. The molecule has 2 aliphatic heterocycles. The van der Waals surface area contributed by atoms with Gasteiger partial charge in [-0.25, -0.2) is 13.8 Å². The Labute approximate surface area is 156 Å². The molecule has 8 heteroatoms. The fourth-order valence-electron chi connectivity index (χ4n) is 4.08. The first kappa shape index (κ1) is 17.6. The number of nitrogens with zero attached hydrogens (tertiary/aromatic N) is 4. The van der Waals surface area contributed by atoms with Gasteiger partial charge in [0.1, 0.15) is 17.5 Å². The highest BCUT2D eigenvalue weighted by atomic mass is 19.1. The van der Waals surface area contributed by atoms with Crippen molar-refractivity contribution in [3.05, 3.63) is 47.7 Å². The van der Waals surface area contributed by atoms with Crippen LogP contribution >= 0.6 is 0 Å². The molecule has 2 fully saturated rings. The molecule has 0 atom stereocenters. The number of halogens is 2. The monoisotopic (exact) mass is 373 g/mol. The predicted molar refractivity (Wildman–Crippen MR) is 96.7 cm³/mol. The largest absolute Gasteiger partial charge is 0.384 e. The van der Waals surface area contributed by atoms with Crippen molar-refractivity contribution in [2.75, 3.05) is 30.3 Å². The molecule has 2 aromatic rings. The molecule has 4 rings (SSSR count). The van der Waals surface area contributed by atoms with Gasteiger partial charge >= 0.3 is 0 Å². The van der Waals surface area contributed by atoms with Crippen LogP contribution in [0.5, 0.6) is 0 Å². The van der Waals surface area contributed by atoms with Crippen molar-refractivity contribution in [1.82, 2.24) is 14.9 Å². The zero-order chi connectivity index (χ0) is 19.0. The molecule has 1 aromatic heterocycles. The standard InChI is InChI=1S/C19H21F2N5O/c20-14-7-13(8-15(21)9-14)11-26-12-19(10-17(26)27)2-5-25(6-3-19)18-23-4-1-16(22)24-18/h1,4,7-9H,2-3,5-6,10-12H2,(H2,22,23,24). The fraction of sp³-hybridized carbons (Fsp3) is 0.421. The van der Waals surface area contributed by atoms with Crippen molar-refractivity contribution in [2.24, 2.45) is 5.41 Å². The molecule has 2 aliphatic rings. The van der Waals surface area contributed by atoms with E-state index in [4.69, 9.17) is 5.73 Å². The average Bonchev–Trinajstić information content (AvgIpc) is 2.89. The van der Waals surface area contributed by atoms with E-state index in [1.165, 1.54) is 12.1 Å². The summed E-state index contributed by atoms with van der Waals surface area (Å²) in [6, 6.07) is 5.05. The summed E-state index contributed by atoms with van der Waals surface area (Å²) in [7, 11) is 0. The molecule has 0 radical (unpaired) electrons. The molecule has 6 nitrogen and oxygen atoms in total. The number of carbonyl (C=O) groups is 1. The van der Waals surface area contributed by atoms with Gasteiger partial charge in [0.2, 0.25) is 11.9 Å². The number of carbonyl (C=O) groups excluding carboxylic acids is 1. The number of nitrogen functional groups attached to an aromatic ring is 1. The van der Waals surface area contributed by atoms with Gasteiger partial charge in [-0.15, -0.1) is 0 Å². The highest BCUT2D eigenvalue weighted by Crippen LogP contribution is 2.42. The van der Waals surface area contributed by atoms with Gasteiger partial charge in [0.15, 0.2) is 0 Å². The van der Waals surface area contributed by atoms with Crippen LogP contribution in [0.3, 0.4) is 0 Å². The van der Waals surface area contributed by atoms with Crippen molar-refractivity contribution in [2.45, 2.75) is 25.8 Å². The SMILES string of the molecule is Nc1ccnc(N2CCC3(CC2)CC(=O)N(Cc2cc(F)cc(F)c2)C3)n1. The van der Waals surface area contributed by atoms with E-state index in [1.54, 1.807) is 17.2 Å². The minimum absolute atomic E-state index is 0.0355. The van der Waals surface area contributed by atoms with E-state index < -0.39 is 11.6 Å². The van der Waals surface area contributed by atoms with E-state index in [0.29, 0.717) is 30.3 Å². The van der Waals surface area contributed by atoms with Crippen LogP contribution in [0.15, 0.2) is 30.5 Å². The molecule has 1 aromatic carbocycles. The zero-order valence-corrected chi connectivity index (χ0v) is 14.9. The maximum Gasteiger partial charge on any atom is 0.227 e. The number of anilines is 2. The van der Waals surface area contributed by atoms with Crippen molar-refractivity contribution in [3.63, 3.8) is 0 Å². The first-order chi connectivity index (χ1) is 12.9. The molecule has 0 aliphatic carbocycles. The number of aromatic nitrogens is 2. The fourth-order valence-corrected chi connectivity index (χ4v) is 4.08. The Balaban J connectivity index is 1.42. The second-order valence-corrected chi connectivity index (χ2v) is 7.47. The van der Waals surface area contributed by atoms with Crippen LogP contribution in [0, 0.1) is 17.0 Å². The first-order valence-electron chi connectivity index (χ1n) is 8.99. The van der Waals surface area contributed by atoms with E-state index in [9.17, 15) is 13.6 Å². The third kappa shape index (κ3) is 3.70. The van der Waals surface area contributed by atoms with Crippen molar-refractivity contribution in [1.29, 1.82) is 0 Å². The van der Waals surface area contributed by atoms with E-state index in [1.807, 2.05) is 0 Å². The number of hydrogen-bond donors (Lipinski definition) is 1. The van der Waals surface area contributed by atoms with E-state index in [-0.39, 0.29) is 17.9 Å². The third-order valence-corrected chi connectivity index (χ3v) is 5.47. The summed E-state index contributed by atoms with van der Waals surface area (Å²) in [5.41, 5.74) is 6.11. The molecule has 0 bridgehead atoms. The van der Waals surface area contributed by atoms with Gasteiger partial charge in [0, 0.05) is 50.3 Å². The van der Waals surface area contributed by atoms with Gasteiger partial charge in [-0.3, -0.25) is 4.79 Å². The Kier molecular flexibility index (Phi) is 4.41. The lowest BCUT2D eigenvalue weighted by molar-refractivity contribution is -0.128. The average molecular weight is 373 g/mol. The highest BCUT2D eigenvalue weighted by Gasteiger charge is 2.45. The number of amides is 1. The molecule has 27 heavy (non-hydrogen) atoms.